The normalized spacial score (nSPS) is 15.0. The van der Waals surface area contributed by atoms with Crippen LogP contribution in [0.5, 0.6) is 0 Å². The lowest BCUT2D eigenvalue weighted by molar-refractivity contribution is 0.557. The number of hydrogen-bond donors (Lipinski definition) is 1. The summed E-state index contributed by atoms with van der Waals surface area (Å²) in [5.41, 5.74) is 0.498. The Labute approximate surface area is 133 Å². The molecule has 6 heteroatoms. The van der Waals surface area contributed by atoms with E-state index in [0.29, 0.717) is 17.2 Å². The fourth-order valence-corrected chi connectivity index (χ4v) is 2.86. The summed E-state index contributed by atoms with van der Waals surface area (Å²) in [4.78, 5) is 21.4. The Kier molecular flexibility index (Phi) is 4.41. The molecule has 2 heterocycles. The van der Waals surface area contributed by atoms with Crippen LogP contribution in [-0.4, -0.2) is 23.1 Å². The zero-order valence-corrected chi connectivity index (χ0v) is 13.0. The van der Waals surface area contributed by atoms with Crippen LogP contribution in [0.15, 0.2) is 23.0 Å². The van der Waals surface area contributed by atoms with E-state index >= 15 is 0 Å². The molecule has 1 aliphatic rings. The number of H-pyrrole nitrogens is 1. The summed E-state index contributed by atoms with van der Waals surface area (Å²) in [6.45, 7) is 3.29. The molecule has 0 spiro atoms. The van der Waals surface area contributed by atoms with Crippen LogP contribution in [0, 0.1) is 18.6 Å². The van der Waals surface area contributed by atoms with Crippen molar-refractivity contribution in [2.24, 2.45) is 0 Å². The van der Waals surface area contributed by atoms with Crippen LogP contribution < -0.4 is 10.5 Å². The highest BCUT2D eigenvalue weighted by molar-refractivity contribution is 5.36. The summed E-state index contributed by atoms with van der Waals surface area (Å²) < 4.78 is 27.7. The van der Waals surface area contributed by atoms with Crippen LogP contribution in [0.25, 0.3) is 0 Å². The molecule has 1 N–H and O–H groups in total. The van der Waals surface area contributed by atoms with E-state index in [-0.39, 0.29) is 17.5 Å². The van der Waals surface area contributed by atoms with Crippen molar-refractivity contribution in [2.75, 3.05) is 18.0 Å². The fraction of sp³-hybridized carbons (Fsp3) is 0.412. The number of benzene rings is 1. The Bertz CT molecular complexity index is 747. The highest BCUT2D eigenvalue weighted by atomic mass is 19.1. The second-order valence-corrected chi connectivity index (χ2v) is 5.89. The quantitative estimate of drug-likeness (QED) is 0.946. The average Bonchev–Trinajstić information content (AvgIpc) is 2.55. The highest BCUT2D eigenvalue weighted by Gasteiger charge is 2.18. The zero-order chi connectivity index (χ0) is 16.4. The van der Waals surface area contributed by atoms with Gasteiger partial charge in [0.25, 0.3) is 5.56 Å². The molecule has 1 fully saturated rings. The van der Waals surface area contributed by atoms with Crippen molar-refractivity contribution in [3.63, 3.8) is 0 Å². The summed E-state index contributed by atoms with van der Waals surface area (Å²) >= 11 is 0. The Hall–Kier alpha value is -2.24. The molecule has 0 bridgehead atoms. The van der Waals surface area contributed by atoms with Crippen molar-refractivity contribution >= 4 is 5.95 Å². The van der Waals surface area contributed by atoms with E-state index in [0.717, 1.165) is 25.9 Å². The Morgan fingerprint density at radius 2 is 1.83 bits per heavy atom. The maximum Gasteiger partial charge on any atom is 0.255 e. The Morgan fingerprint density at radius 1 is 1.17 bits per heavy atom. The molecular weight excluding hydrogens is 300 g/mol. The van der Waals surface area contributed by atoms with E-state index in [9.17, 15) is 13.6 Å². The first-order chi connectivity index (χ1) is 11.1. The van der Waals surface area contributed by atoms with Gasteiger partial charge in [-0.25, -0.2) is 13.8 Å². The topological polar surface area (TPSA) is 49.0 Å². The van der Waals surface area contributed by atoms with Crippen molar-refractivity contribution in [3.8, 4) is 0 Å². The molecule has 0 unspecified atom stereocenters. The van der Waals surface area contributed by atoms with Gasteiger partial charge in [0.2, 0.25) is 5.95 Å². The molecule has 4 nitrogen and oxygen atoms in total. The molecule has 0 aliphatic carbocycles. The molecule has 1 aromatic heterocycles. The number of aromatic nitrogens is 2. The second kappa shape index (κ2) is 6.48. The summed E-state index contributed by atoms with van der Waals surface area (Å²) in [5.74, 6) is -0.746. The minimum atomic E-state index is -0.619. The largest absolute Gasteiger partial charge is 0.342 e. The van der Waals surface area contributed by atoms with Crippen LogP contribution in [0.3, 0.4) is 0 Å². The van der Waals surface area contributed by atoms with Crippen LogP contribution in [0.4, 0.5) is 14.7 Å². The first-order valence-electron chi connectivity index (χ1n) is 7.84. The van der Waals surface area contributed by atoms with E-state index in [4.69, 9.17) is 0 Å². The number of halogens is 2. The first-order valence-corrected chi connectivity index (χ1v) is 7.84. The van der Waals surface area contributed by atoms with E-state index in [2.05, 4.69) is 9.97 Å². The van der Waals surface area contributed by atoms with E-state index in [1.165, 1.54) is 24.6 Å². The summed E-state index contributed by atoms with van der Waals surface area (Å²) in [6, 6.07) is 3.75. The smallest absolute Gasteiger partial charge is 0.255 e. The van der Waals surface area contributed by atoms with Crippen molar-refractivity contribution in [3.05, 3.63) is 57.0 Å². The molecule has 2 aromatic rings. The number of piperidine rings is 1. The molecule has 3 rings (SSSR count). The maximum absolute atomic E-state index is 13.9. The molecule has 0 amide bonds. The van der Waals surface area contributed by atoms with Crippen LogP contribution >= 0.6 is 0 Å². The minimum absolute atomic E-state index is 0.0326. The highest BCUT2D eigenvalue weighted by Crippen LogP contribution is 2.19. The maximum atomic E-state index is 13.9. The molecule has 23 heavy (non-hydrogen) atoms. The van der Waals surface area contributed by atoms with E-state index < -0.39 is 11.6 Å². The lowest BCUT2D eigenvalue weighted by Crippen LogP contribution is -2.33. The number of rotatable bonds is 3. The standard InChI is InChI=1S/C17H19F2N3O/c1-11-15(10-12-13(18)6-5-7-14(12)19)20-17(21-16(11)23)22-8-3-2-4-9-22/h5-7H,2-4,8-10H2,1H3,(H,20,21,23). The molecule has 1 aromatic carbocycles. The van der Waals surface area contributed by atoms with Gasteiger partial charge < -0.3 is 4.90 Å². The van der Waals surface area contributed by atoms with Gasteiger partial charge in [-0.3, -0.25) is 9.78 Å². The Balaban J connectivity index is 1.98. The van der Waals surface area contributed by atoms with Gasteiger partial charge in [-0.2, -0.15) is 0 Å². The van der Waals surface area contributed by atoms with E-state index in [1.54, 1.807) is 6.92 Å². The number of nitrogens with zero attached hydrogens (tertiary/aromatic N) is 2. The van der Waals surface area contributed by atoms with Crippen LogP contribution in [0.1, 0.15) is 36.1 Å². The fourth-order valence-electron chi connectivity index (χ4n) is 2.86. The number of hydrogen-bond acceptors (Lipinski definition) is 3. The molecule has 0 radical (unpaired) electrons. The first kappa shape index (κ1) is 15.6. The molecule has 0 atom stereocenters. The molecule has 1 aliphatic heterocycles. The van der Waals surface area contributed by atoms with Crippen LogP contribution in [-0.2, 0) is 6.42 Å². The lowest BCUT2D eigenvalue weighted by atomic mass is 10.1. The summed E-state index contributed by atoms with van der Waals surface area (Å²) in [6.07, 6.45) is 3.23. The van der Waals surface area contributed by atoms with E-state index in [1.807, 2.05) is 4.90 Å². The second-order valence-electron chi connectivity index (χ2n) is 5.89. The minimum Gasteiger partial charge on any atom is -0.342 e. The van der Waals surface area contributed by atoms with Gasteiger partial charge in [0, 0.05) is 30.6 Å². The molecule has 1 saturated heterocycles. The monoisotopic (exact) mass is 319 g/mol. The van der Waals surface area contributed by atoms with Gasteiger partial charge in [0.05, 0.1) is 5.69 Å². The van der Waals surface area contributed by atoms with Crippen molar-refractivity contribution in [1.29, 1.82) is 0 Å². The summed E-state index contributed by atoms with van der Waals surface area (Å²) in [5, 5.41) is 0. The molecule has 122 valence electrons. The van der Waals surface area contributed by atoms with Gasteiger partial charge in [0.15, 0.2) is 0 Å². The number of anilines is 1. The average molecular weight is 319 g/mol. The number of nitrogens with one attached hydrogen (secondary N) is 1. The third-order valence-electron chi connectivity index (χ3n) is 4.30. The van der Waals surface area contributed by atoms with Gasteiger partial charge >= 0.3 is 0 Å². The van der Waals surface area contributed by atoms with Crippen LogP contribution in [0.2, 0.25) is 0 Å². The van der Waals surface area contributed by atoms with Gasteiger partial charge in [-0.05, 0) is 38.3 Å². The van der Waals surface area contributed by atoms with Crippen molar-refractivity contribution < 1.29 is 8.78 Å². The van der Waals surface area contributed by atoms with Crippen molar-refractivity contribution in [1.82, 2.24) is 9.97 Å². The van der Waals surface area contributed by atoms with Gasteiger partial charge in [0.1, 0.15) is 11.6 Å². The predicted molar refractivity (Wildman–Crippen MR) is 84.8 cm³/mol. The molecule has 0 saturated carbocycles. The summed E-state index contributed by atoms with van der Waals surface area (Å²) in [7, 11) is 0. The van der Waals surface area contributed by atoms with Gasteiger partial charge in [-0.1, -0.05) is 6.07 Å². The predicted octanol–water partition coefficient (Wildman–Crippen LogP) is 2.94. The SMILES string of the molecule is Cc1c(Cc2c(F)cccc2F)nc(N2CCCCC2)[nH]c1=O. The third kappa shape index (κ3) is 3.25. The Morgan fingerprint density at radius 3 is 2.48 bits per heavy atom. The molecular formula is C17H19F2N3O. The number of aromatic amines is 1. The van der Waals surface area contributed by atoms with Gasteiger partial charge in [-0.15, -0.1) is 0 Å². The lowest BCUT2D eigenvalue weighted by Gasteiger charge is -2.27. The van der Waals surface area contributed by atoms with Crippen molar-refractivity contribution in [2.45, 2.75) is 32.6 Å². The zero-order valence-electron chi connectivity index (χ0n) is 13.0. The third-order valence-corrected chi connectivity index (χ3v) is 4.30.